The Morgan fingerprint density at radius 1 is 1.20 bits per heavy atom. The molecule has 0 fully saturated rings. The summed E-state index contributed by atoms with van der Waals surface area (Å²) in [5, 5.41) is 12.7. The predicted molar refractivity (Wildman–Crippen MR) is 95.7 cm³/mol. The molecule has 0 aliphatic carbocycles. The summed E-state index contributed by atoms with van der Waals surface area (Å²) >= 11 is 0. The van der Waals surface area contributed by atoms with E-state index in [-0.39, 0.29) is 5.43 Å². The molecule has 0 aliphatic rings. The van der Waals surface area contributed by atoms with Crippen molar-refractivity contribution in [3.63, 3.8) is 0 Å². The molecule has 0 saturated heterocycles. The number of fused-ring (bicyclic) bond motifs is 1. The fraction of sp³-hybridized carbons (Fsp3) is 0.111. The highest BCUT2D eigenvalue weighted by Gasteiger charge is 2.05. The van der Waals surface area contributed by atoms with Crippen molar-refractivity contribution in [2.75, 3.05) is 5.32 Å². The largest absolute Gasteiger partial charge is 0.361 e. The van der Waals surface area contributed by atoms with Crippen molar-refractivity contribution in [3.8, 4) is 5.69 Å². The molecule has 124 valence electrons. The van der Waals surface area contributed by atoms with Gasteiger partial charge in [0.15, 0.2) is 5.82 Å². The van der Waals surface area contributed by atoms with Crippen molar-refractivity contribution in [2.45, 2.75) is 6.54 Å². The summed E-state index contributed by atoms with van der Waals surface area (Å²) in [6.45, 7) is 0.504. The lowest BCUT2D eigenvalue weighted by Crippen LogP contribution is -2.16. The van der Waals surface area contributed by atoms with Crippen LogP contribution in [0.15, 0.2) is 66.0 Å². The second kappa shape index (κ2) is 6.20. The summed E-state index contributed by atoms with van der Waals surface area (Å²) in [4.78, 5) is 16.4. The zero-order chi connectivity index (χ0) is 17.2. The minimum absolute atomic E-state index is 0.150. The summed E-state index contributed by atoms with van der Waals surface area (Å²) in [6, 6.07) is 11.4. The molecule has 0 amide bonds. The van der Waals surface area contributed by atoms with E-state index in [9.17, 15) is 4.79 Å². The van der Waals surface area contributed by atoms with Crippen LogP contribution in [-0.2, 0) is 13.6 Å². The maximum Gasteiger partial charge on any atom is 0.224 e. The molecule has 0 atom stereocenters. The van der Waals surface area contributed by atoms with Gasteiger partial charge in [-0.2, -0.15) is 5.10 Å². The molecular formula is C18H16N6O. The monoisotopic (exact) mass is 332 g/mol. The van der Waals surface area contributed by atoms with E-state index in [0.717, 1.165) is 22.2 Å². The van der Waals surface area contributed by atoms with Crippen LogP contribution in [0.4, 0.5) is 5.82 Å². The number of aryl methyl sites for hydroxylation is 1. The summed E-state index contributed by atoms with van der Waals surface area (Å²) in [7, 11) is 1.83. The average molecular weight is 332 g/mol. The smallest absolute Gasteiger partial charge is 0.224 e. The molecule has 7 heteroatoms. The van der Waals surface area contributed by atoms with Crippen LogP contribution in [0.25, 0.3) is 16.6 Å². The van der Waals surface area contributed by atoms with E-state index in [1.54, 1.807) is 28.0 Å². The normalized spacial score (nSPS) is 10.9. The van der Waals surface area contributed by atoms with E-state index in [0.29, 0.717) is 12.4 Å². The molecule has 0 aliphatic heterocycles. The fourth-order valence-electron chi connectivity index (χ4n) is 2.62. The van der Waals surface area contributed by atoms with Crippen LogP contribution in [0.2, 0.25) is 0 Å². The number of anilines is 1. The molecule has 1 aromatic carbocycles. The van der Waals surface area contributed by atoms with Crippen molar-refractivity contribution in [2.24, 2.45) is 7.05 Å². The maximum atomic E-state index is 12.1. The van der Waals surface area contributed by atoms with Crippen LogP contribution in [0.3, 0.4) is 0 Å². The topological polar surface area (TPSA) is 77.6 Å². The summed E-state index contributed by atoms with van der Waals surface area (Å²) in [5.41, 5.74) is 2.64. The quantitative estimate of drug-likeness (QED) is 0.619. The lowest BCUT2D eigenvalue weighted by Gasteiger charge is -2.08. The standard InChI is InChI=1S/C18H16N6O/c1-23-12-15(11-21-23)24-8-6-17(25)18(22-24)20-10-13-4-5-16-14(9-13)3-2-7-19-16/h2-9,11-12H,10H2,1H3,(H,20,22). The zero-order valence-corrected chi connectivity index (χ0v) is 13.6. The van der Waals surface area contributed by atoms with Gasteiger partial charge >= 0.3 is 0 Å². The van der Waals surface area contributed by atoms with Gasteiger partial charge in [0.05, 0.1) is 17.9 Å². The van der Waals surface area contributed by atoms with Crippen LogP contribution < -0.4 is 10.7 Å². The maximum absolute atomic E-state index is 12.1. The summed E-state index contributed by atoms with van der Waals surface area (Å²) in [5.74, 6) is 0.303. The highest BCUT2D eigenvalue weighted by Crippen LogP contribution is 2.14. The first-order valence-electron chi connectivity index (χ1n) is 7.85. The second-order valence-corrected chi connectivity index (χ2v) is 5.73. The highest BCUT2D eigenvalue weighted by atomic mass is 16.1. The Bertz CT molecular complexity index is 1100. The van der Waals surface area contributed by atoms with Crippen molar-refractivity contribution in [3.05, 3.63) is 77.0 Å². The van der Waals surface area contributed by atoms with E-state index in [1.165, 1.54) is 6.07 Å². The van der Waals surface area contributed by atoms with Crippen LogP contribution in [0.1, 0.15) is 5.56 Å². The van der Waals surface area contributed by atoms with Crippen molar-refractivity contribution >= 4 is 16.7 Å². The number of aromatic nitrogens is 5. The molecule has 0 spiro atoms. The van der Waals surface area contributed by atoms with Crippen molar-refractivity contribution in [1.82, 2.24) is 24.5 Å². The molecule has 0 bridgehead atoms. The molecular weight excluding hydrogens is 316 g/mol. The predicted octanol–water partition coefficient (Wildman–Crippen LogP) is 2.13. The van der Waals surface area contributed by atoms with Crippen LogP contribution >= 0.6 is 0 Å². The Balaban J connectivity index is 1.58. The third-order valence-corrected chi connectivity index (χ3v) is 3.89. The second-order valence-electron chi connectivity index (χ2n) is 5.73. The van der Waals surface area contributed by atoms with E-state index in [2.05, 4.69) is 26.6 Å². The van der Waals surface area contributed by atoms with Crippen molar-refractivity contribution < 1.29 is 0 Å². The first-order valence-corrected chi connectivity index (χ1v) is 7.85. The zero-order valence-electron chi connectivity index (χ0n) is 13.6. The summed E-state index contributed by atoms with van der Waals surface area (Å²) < 4.78 is 3.31. The molecule has 3 heterocycles. The highest BCUT2D eigenvalue weighted by molar-refractivity contribution is 5.78. The number of hydrogen-bond acceptors (Lipinski definition) is 5. The van der Waals surface area contributed by atoms with Gasteiger partial charge in [0, 0.05) is 37.4 Å². The van der Waals surface area contributed by atoms with Crippen LogP contribution in [-0.4, -0.2) is 24.5 Å². The minimum Gasteiger partial charge on any atom is -0.361 e. The Morgan fingerprint density at radius 2 is 2.12 bits per heavy atom. The van der Waals surface area contributed by atoms with Gasteiger partial charge in [0.25, 0.3) is 0 Å². The van der Waals surface area contributed by atoms with Gasteiger partial charge in [-0.15, -0.1) is 5.10 Å². The minimum atomic E-state index is -0.150. The van der Waals surface area contributed by atoms with Crippen molar-refractivity contribution in [1.29, 1.82) is 0 Å². The number of hydrogen-bond donors (Lipinski definition) is 1. The van der Waals surface area contributed by atoms with Gasteiger partial charge in [-0.1, -0.05) is 12.1 Å². The Labute approximate surface area is 143 Å². The Morgan fingerprint density at radius 3 is 2.96 bits per heavy atom. The lowest BCUT2D eigenvalue weighted by atomic mass is 10.1. The third kappa shape index (κ3) is 3.12. The van der Waals surface area contributed by atoms with Gasteiger partial charge < -0.3 is 5.32 Å². The fourth-order valence-corrected chi connectivity index (χ4v) is 2.62. The van der Waals surface area contributed by atoms with Gasteiger partial charge in [-0.05, 0) is 23.8 Å². The number of benzene rings is 1. The number of nitrogens with one attached hydrogen (secondary N) is 1. The first kappa shape index (κ1) is 15.1. The molecule has 0 unspecified atom stereocenters. The Hall–Kier alpha value is -3.48. The average Bonchev–Trinajstić information content (AvgIpc) is 3.07. The van der Waals surface area contributed by atoms with E-state index in [4.69, 9.17) is 0 Å². The van der Waals surface area contributed by atoms with Gasteiger partial charge in [-0.25, -0.2) is 4.68 Å². The van der Waals surface area contributed by atoms with E-state index >= 15 is 0 Å². The molecule has 4 aromatic rings. The van der Waals surface area contributed by atoms with Gasteiger partial charge in [0.2, 0.25) is 5.43 Å². The molecule has 25 heavy (non-hydrogen) atoms. The lowest BCUT2D eigenvalue weighted by molar-refractivity contribution is 0.765. The molecule has 3 aromatic heterocycles. The molecule has 7 nitrogen and oxygen atoms in total. The Kier molecular flexibility index (Phi) is 3.74. The van der Waals surface area contributed by atoms with Gasteiger partial charge in [0.1, 0.15) is 5.69 Å². The summed E-state index contributed by atoms with van der Waals surface area (Å²) in [6.07, 6.45) is 6.93. The SMILES string of the molecule is Cn1cc(-n2ccc(=O)c(NCc3ccc4ncccc4c3)n2)cn1. The number of pyridine rings is 1. The molecule has 4 rings (SSSR count). The number of nitrogens with zero attached hydrogens (tertiary/aromatic N) is 5. The van der Waals surface area contributed by atoms with E-state index < -0.39 is 0 Å². The molecule has 0 radical (unpaired) electrons. The van der Waals surface area contributed by atoms with Crippen LogP contribution in [0.5, 0.6) is 0 Å². The molecule has 0 saturated carbocycles. The van der Waals surface area contributed by atoms with Crippen LogP contribution in [0, 0.1) is 0 Å². The van der Waals surface area contributed by atoms with E-state index in [1.807, 2.05) is 37.5 Å². The first-order chi connectivity index (χ1) is 12.2. The number of rotatable bonds is 4. The molecule has 1 N–H and O–H groups in total. The third-order valence-electron chi connectivity index (χ3n) is 3.89. The van der Waals surface area contributed by atoms with Gasteiger partial charge in [-0.3, -0.25) is 14.5 Å².